The molecule has 90 valence electrons. The third kappa shape index (κ3) is 2.08. The van der Waals surface area contributed by atoms with Gasteiger partial charge in [0.05, 0.1) is 11.5 Å². The number of hydrogen-bond donors (Lipinski definition) is 0. The highest BCUT2D eigenvalue weighted by atomic mass is 32.2. The zero-order valence-electron chi connectivity index (χ0n) is 10.8. The van der Waals surface area contributed by atoms with Crippen LogP contribution in [0.15, 0.2) is 0 Å². The Morgan fingerprint density at radius 3 is 1.47 bits per heavy atom. The molecule has 1 rings (SSSR count). The monoisotopic (exact) mass is 232 g/mol. The molecule has 0 spiro atoms. The topological polar surface area (TPSA) is 34.1 Å². The van der Waals surface area contributed by atoms with E-state index in [4.69, 9.17) is 0 Å². The summed E-state index contributed by atoms with van der Waals surface area (Å²) in [5, 5.41) is 0. The molecule has 0 N–H and O–H groups in total. The SMILES string of the molecule is CC(C)(C)C1(C(C)(C)C)CCS(=O)(=O)C1. The molecule has 0 aromatic rings. The second-order valence-corrected chi connectivity index (χ2v) is 9.11. The second kappa shape index (κ2) is 3.22. The third-order valence-corrected chi connectivity index (χ3v) is 5.94. The van der Waals surface area contributed by atoms with Crippen LogP contribution in [0.4, 0.5) is 0 Å². The number of hydrogen-bond acceptors (Lipinski definition) is 2. The summed E-state index contributed by atoms with van der Waals surface area (Å²) in [5.74, 6) is 0.717. The van der Waals surface area contributed by atoms with Crippen LogP contribution in [0.25, 0.3) is 0 Å². The van der Waals surface area contributed by atoms with Gasteiger partial charge in [-0.25, -0.2) is 8.42 Å². The molecule has 0 radical (unpaired) electrons. The van der Waals surface area contributed by atoms with Gasteiger partial charge in [-0.15, -0.1) is 0 Å². The Balaban J connectivity index is 3.25. The van der Waals surface area contributed by atoms with E-state index in [0.717, 1.165) is 6.42 Å². The summed E-state index contributed by atoms with van der Waals surface area (Å²) in [7, 11) is -2.82. The molecule has 1 fully saturated rings. The molecule has 0 unspecified atom stereocenters. The summed E-state index contributed by atoms with van der Waals surface area (Å²) in [4.78, 5) is 0. The van der Waals surface area contributed by atoms with E-state index in [0.29, 0.717) is 11.5 Å². The van der Waals surface area contributed by atoms with Crippen molar-refractivity contribution in [2.24, 2.45) is 16.2 Å². The summed E-state index contributed by atoms with van der Waals surface area (Å²) >= 11 is 0. The summed E-state index contributed by atoms with van der Waals surface area (Å²) < 4.78 is 23.5. The van der Waals surface area contributed by atoms with Crippen LogP contribution in [-0.4, -0.2) is 19.9 Å². The maximum atomic E-state index is 11.7. The molecule has 0 saturated carbocycles. The Bertz CT molecular complexity index is 325. The van der Waals surface area contributed by atoms with Crippen molar-refractivity contribution in [1.82, 2.24) is 0 Å². The zero-order valence-corrected chi connectivity index (χ0v) is 11.7. The van der Waals surface area contributed by atoms with Gasteiger partial charge in [0, 0.05) is 0 Å². The second-order valence-electron chi connectivity index (χ2n) is 6.92. The molecule has 0 aromatic heterocycles. The first-order chi connectivity index (χ1) is 6.41. The van der Waals surface area contributed by atoms with Crippen molar-refractivity contribution in [3.63, 3.8) is 0 Å². The van der Waals surface area contributed by atoms with Crippen LogP contribution in [0.3, 0.4) is 0 Å². The van der Waals surface area contributed by atoms with Gasteiger partial charge in [0.25, 0.3) is 0 Å². The number of sulfone groups is 1. The molecule has 1 aliphatic heterocycles. The van der Waals surface area contributed by atoms with Crippen LogP contribution in [-0.2, 0) is 9.84 Å². The Hall–Kier alpha value is -0.0500. The van der Waals surface area contributed by atoms with Gasteiger partial charge in [0.2, 0.25) is 0 Å². The smallest absolute Gasteiger partial charge is 0.150 e. The van der Waals surface area contributed by atoms with Crippen molar-refractivity contribution in [3.05, 3.63) is 0 Å². The Labute approximate surface area is 94.4 Å². The number of rotatable bonds is 0. The van der Waals surface area contributed by atoms with E-state index >= 15 is 0 Å². The molecule has 1 aliphatic rings. The quantitative estimate of drug-likeness (QED) is 0.643. The maximum absolute atomic E-state index is 11.7. The minimum Gasteiger partial charge on any atom is -0.229 e. The molecule has 15 heavy (non-hydrogen) atoms. The van der Waals surface area contributed by atoms with E-state index < -0.39 is 9.84 Å². The van der Waals surface area contributed by atoms with Gasteiger partial charge < -0.3 is 0 Å². The highest BCUT2D eigenvalue weighted by Crippen LogP contribution is 2.57. The summed E-state index contributed by atoms with van der Waals surface area (Å²) in [5.41, 5.74) is -0.0114. The van der Waals surface area contributed by atoms with E-state index in [1.54, 1.807) is 0 Å². The fourth-order valence-electron chi connectivity index (χ4n) is 3.16. The van der Waals surface area contributed by atoms with Crippen LogP contribution in [0.2, 0.25) is 0 Å². The average molecular weight is 232 g/mol. The summed E-state index contributed by atoms with van der Waals surface area (Å²) in [6, 6.07) is 0. The first-order valence-corrected chi connectivity index (χ1v) is 7.44. The van der Waals surface area contributed by atoms with Gasteiger partial charge in [-0.2, -0.15) is 0 Å². The van der Waals surface area contributed by atoms with E-state index in [9.17, 15) is 8.42 Å². The van der Waals surface area contributed by atoms with Crippen LogP contribution in [0.1, 0.15) is 48.0 Å². The van der Waals surface area contributed by atoms with Gasteiger partial charge in [0.1, 0.15) is 0 Å². The van der Waals surface area contributed by atoms with Gasteiger partial charge in [-0.05, 0) is 22.7 Å². The molecule has 0 aromatic carbocycles. The lowest BCUT2D eigenvalue weighted by Crippen LogP contribution is -2.47. The normalized spacial score (nSPS) is 25.5. The van der Waals surface area contributed by atoms with Crippen molar-refractivity contribution in [3.8, 4) is 0 Å². The van der Waals surface area contributed by atoms with Gasteiger partial charge in [-0.1, -0.05) is 41.5 Å². The lowest BCUT2D eigenvalue weighted by atomic mass is 9.54. The van der Waals surface area contributed by atoms with Crippen molar-refractivity contribution in [1.29, 1.82) is 0 Å². The van der Waals surface area contributed by atoms with Crippen molar-refractivity contribution in [2.45, 2.75) is 48.0 Å². The van der Waals surface area contributed by atoms with E-state index in [-0.39, 0.29) is 16.2 Å². The standard InChI is InChI=1S/C12H24O2S/c1-10(2,3)12(11(4,5)6)7-8-15(13,14)9-12/h7-9H2,1-6H3. The van der Waals surface area contributed by atoms with Crippen LogP contribution >= 0.6 is 0 Å². The van der Waals surface area contributed by atoms with Crippen LogP contribution < -0.4 is 0 Å². The van der Waals surface area contributed by atoms with Crippen LogP contribution in [0.5, 0.6) is 0 Å². The average Bonchev–Trinajstić information content (AvgIpc) is 2.23. The summed E-state index contributed by atoms with van der Waals surface area (Å²) in [6.07, 6.45) is 0.808. The minimum atomic E-state index is -2.82. The van der Waals surface area contributed by atoms with Gasteiger partial charge in [0.15, 0.2) is 9.84 Å². The third-order valence-electron chi connectivity index (χ3n) is 4.18. The van der Waals surface area contributed by atoms with Crippen molar-refractivity contribution >= 4 is 9.84 Å². The molecular formula is C12H24O2S. The molecule has 2 nitrogen and oxygen atoms in total. The van der Waals surface area contributed by atoms with Gasteiger partial charge >= 0.3 is 0 Å². The first kappa shape index (κ1) is 13.0. The lowest BCUT2D eigenvalue weighted by molar-refractivity contribution is -0.00593. The van der Waals surface area contributed by atoms with E-state index in [1.165, 1.54) is 0 Å². The largest absolute Gasteiger partial charge is 0.229 e. The molecule has 1 saturated heterocycles. The fraction of sp³-hybridized carbons (Fsp3) is 1.00. The van der Waals surface area contributed by atoms with Crippen molar-refractivity contribution in [2.75, 3.05) is 11.5 Å². The molecule has 1 heterocycles. The minimum absolute atomic E-state index is 0.0365. The maximum Gasteiger partial charge on any atom is 0.150 e. The zero-order chi connectivity index (χ0) is 12.1. The molecule has 0 aliphatic carbocycles. The first-order valence-electron chi connectivity index (χ1n) is 5.62. The molecule has 0 bridgehead atoms. The van der Waals surface area contributed by atoms with E-state index in [1.807, 2.05) is 0 Å². The Morgan fingerprint density at radius 2 is 1.33 bits per heavy atom. The molecular weight excluding hydrogens is 208 g/mol. The Kier molecular flexibility index (Phi) is 2.80. The van der Waals surface area contributed by atoms with E-state index in [2.05, 4.69) is 41.5 Å². The van der Waals surface area contributed by atoms with Crippen molar-refractivity contribution < 1.29 is 8.42 Å². The Morgan fingerprint density at radius 1 is 0.933 bits per heavy atom. The highest BCUT2D eigenvalue weighted by molar-refractivity contribution is 7.91. The summed E-state index contributed by atoms with van der Waals surface area (Å²) in [6.45, 7) is 13.0. The van der Waals surface area contributed by atoms with Gasteiger partial charge in [-0.3, -0.25) is 0 Å². The predicted octanol–water partition coefficient (Wildman–Crippen LogP) is 2.88. The molecule has 3 heteroatoms. The molecule has 0 atom stereocenters. The van der Waals surface area contributed by atoms with Crippen LogP contribution in [0, 0.1) is 16.2 Å². The molecule has 0 amide bonds. The predicted molar refractivity (Wildman–Crippen MR) is 64.6 cm³/mol. The fourth-order valence-corrected chi connectivity index (χ4v) is 5.72. The lowest BCUT2D eigenvalue weighted by Gasteiger charge is -2.50. The highest BCUT2D eigenvalue weighted by Gasteiger charge is 2.56.